The summed E-state index contributed by atoms with van der Waals surface area (Å²) in [5.74, 6) is 0.136. The van der Waals surface area contributed by atoms with Gasteiger partial charge >= 0.3 is 0 Å². The fourth-order valence-corrected chi connectivity index (χ4v) is 3.81. The normalized spacial score (nSPS) is 17.3. The molecule has 2 heterocycles. The molecule has 0 radical (unpaired) electrons. The first-order valence-electron chi connectivity index (χ1n) is 9.27. The lowest BCUT2D eigenvalue weighted by Gasteiger charge is -2.40. The highest BCUT2D eigenvalue weighted by Gasteiger charge is 2.44. The van der Waals surface area contributed by atoms with Crippen molar-refractivity contribution >= 4 is 23.2 Å². The van der Waals surface area contributed by atoms with E-state index < -0.39 is 6.04 Å². The molecule has 2 amide bonds. The number of hydrogen-bond donors (Lipinski definition) is 0. The summed E-state index contributed by atoms with van der Waals surface area (Å²) in [6.45, 7) is 5.89. The number of carbonyl (C=O) groups excluding carboxylic acids is 2. The Morgan fingerprint density at radius 1 is 0.893 bits per heavy atom. The van der Waals surface area contributed by atoms with Crippen LogP contribution in [0.25, 0.3) is 0 Å². The first-order valence-corrected chi connectivity index (χ1v) is 9.27. The van der Waals surface area contributed by atoms with Crippen molar-refractivity contribution in [1.82, 2.24) is 0 Å². The van der Waals surface area contributed by atoms with Gasteiger partial charge in [-0.1, -0.05) is 35.9 Å². The number of piperazine rings is 1. The van der Waals surface area contributed by atoms with Crippen LogP contribution >= 0.6 is 0 Å². The van der Waals surface area contributed by atoms with Crippen LogP contribution in [0.2, 0.25) is 0 Å². The molecule has 1 fully saturated rings. The number of amides is 2. The SMILES string of the molecule is Cc1ccc(N2C(=O)CN(c3ccccc3C)C(=O)[C@@H]2c2ccco2)c(C)c1. The molecule has 28 heavy (non-hydrogen) atoms. The Morgan fingerprint density at radius 3 is 2.36 bits per heavy atom. The lowest BCUT2D eigenvalue weighted by atomic mass is 10.0. The zero-order valence-corrected chi connectivity index (χ0v) is 16.2. The van der Waals surface area contributed by atoms with Crippen molar-refractivity contribution in [3.05, 3.63) is 83.3 Å². The average molecular weight is 374 g/mol. The van der Waals surface area contributed by atoms with Crippen LogP contribution in [-0.4, -0.2) is 18.4 Å². The minimum Gasteiger partial charge on any atom is -0.467 e. The molecule has 0 saturated carbocycles. The van der Waals surface area contributed by atoms with E-state index in [0.717, 1.165) is 28.1 Å². The van der Waals surface area contributed by atoms with Crippen LogP contribution in [0.3, 0.4) is 0 Å². The molecule has 1 aliphatic rings. The Hall–Kier alpha value is -3.34. The van der Waals surface area contributed by atoms with Gasteiger partial charge in [0.1, 0.15) is 12.3 Å². The summed E-state index contributed by atoms with van der Waals surface area (Å²) in [6.07, 6.45) is 1.53. The molecule has 5 nitrogen and oxygen atoms in total. The van der Waals surface area contributed by atoms with E-state index in [-0.39, 0.29) is 18.4 Å². The molecule has 1 saturated heterocycles. The van der Waals surface area contributed by atoms with Crippen LogP contribution in [0.15, 0.2) is 65.3 Å². The van der Waals surface area contributed by atoms with E-state index in [4.69, 9.17) is 4.42 Å². The molecular formula is C23H22N2O3. The van der Waals surface area contributed by atoms with Crippen molar-refractivity contribution in [2.45, 2.75) is 26.8 Å². The summed E-state index contributed by atoms with van der Waals surface area (Å²) in [7, 11) is 0. The second-order valence-electron chi connectivity index (χ2n) is 7.18. The van der Waals surface area contributed by atoms with Gasteiger partial charge in [0.05, 0.1) is 6.26 Å². The largest absolute Gasteiger partial charge is 0.467 e. The number of nitrogens with zero attached hydrogens (tertiary/aromatic N) is 2. The number of para-hydroxylation sites is 1. The van der Waals surface area contributed by atoms with Gasteiger partial charge in [-0.05, 0) is 56.2 Å². The molecule has 0 spiro atoms. The molecule has 1 atom stereocenters. The van der Waals surface area contributed by atoms with E-state index in [1.165, 1.54) is 6.26 Å². The van der Waals surface area contributed by atoms with Crippen molar-refractivity contribution in [2.75, 3.05) is 16.3 Å². The lowest BCUT2D eigenvalue weighted by molar-refractivity contribution is -0.129. The number of furan rings is 1. The highest BCUT2D eigenvalue weighted by atomic mass is 16.3. The Labute approximate surface area is 164 Å². The zero-order valence-electron chi connectivity index (χ0n) is 16.2. The van der Waals surface area contributed by atoms with Gasteiger partial charge in [0.2, 0.25) is 5.91 Å². The molecule has 0 N–H and O–H groups in total. The second-order valence-corrected chi connectivity index (χ2v) is 7.18. The standard InChI is InChI=1S/C23H22N2O3/c1-15-10-11-19(17(3)13-15)25-21(26)14-24(18-8-5-4-7-16(18)2)23(27)22(25)20-9-6-12-28-20/h4-13,22H,14H2,1-3H3/t22-/m0/s1. The molecule has 3 aromatic rings. The number of carbonyl (C=O) groups is 2. The number of hydrogen-bond acceptors (Lipinski definition) is 3. The average Bonchev–Trinajstić information content (AvgIpc) is 3.18. The smallest absolute Gasteiger partial charge is 0.258 e. The van der Waals surface area contributed by atoms with Crippen molar-refractivity contribution in [2.24, 2.45) is 0 Å². The van der Waals surface area contributed by atoms with E-state index in [0.29, 0.717) is 5.76 Å². The van der Waals surface area contributed by atoms with Gasteiger partial charge in [-0.25, -0.2) is 0 Å². The van der Waals surface area contributed by atoms with E-state index in [1.807, 2.05) is 63.2 Å². The second kappa shape index (κ2) is 7.00. The van der Waals surface area contributed by atoms with Gasteiger partial charge in [0.15, 0.2) is 6.04 Å². The van der Waals surface area contributed by atoms with Crippen LogP contribution in [0, 0.1) is 20.8 Å². The van der Waals surface area contributed by atoms with Gasteiger partial charge in [-0.2, -0.15) is 0 Å². The highest BCUT2D eigenvalue weighted by Crippen LogP contribution is 2.37. The molecule has 1 aliphatic heterocycles. The lowest BCUT2D eigenvalue weighted by Crippen LogP contribution is -2.56. The molecule has 0 aliphatic carbocycles. The summed E-state index contributed by atoms with van der Waals surface area (Å²) in [5.41, 5.74) is 4.48. The molecule has 5 heteroatoms. The van der Waals surface area contributed by atoms with Crippen molar-refractivity contribution < 1.29 is 14.0 Å². The molecule has 4 rings (SSSR count). The van der Waals surface area contributed by atoms with Gasteiger partial charge in [-0.3, -0.25) is 14.5 Å². The van der Waals surface area contributed by atoms with Gasteiger partial charge < -0.3 is 9.32 Å². The topological polar surface area (TPSA) is 53.8 Å². The van der Waals surface area contributed by atoms with E-state index in [1.54, 1.807) is 21.9 Å². The number of anilines is 2. The maximum Gasteiger partial charge on any atom is 0.258 e. The van der Waals surface area contributed by atoms with E-state index in [9.17, 15) is 9.59 Å². The van der Waals surface area contributed by atoms with Crippen molar-refractivity contribution in [3.8, 4) is 0 Å². The van der Waals surface area contributed by atoms with Gasteiger partial charge in [0.25, 0.3) is 5.91 Å². The number of benzene rings is 2. The fourth-order valence-electron chi connectivity index (χ4n) is 3.81. The van der Waals surface area contributed by atoms with E-state index >= 15 is 0 Å². The molecule has 1 aromatic heterocycles. The van der Waals surface area contributed by atoms with Crippen LogP contribution < -0.4 is 9.80 Å². The molecule has 2 aromatic carbocycles. The van der Waals surface area contributed by atoms with Crippen LogP contribution in [0.5, 0.6) is 0 Å². The maximum atomic E-state index is 13.6. The Morgan fingerprint density at radius 2 is 1.68 bits per heavy atom. The van der Waals surface area contributed by atoms with Crippen LogP contribution in [0.4, 0.5) is 11.4 Å². The molecule has 0 bridgehead atoms. The van der Waals surface area contributed by atoms with Crippen LogP contribution in [-0.2, 0) is 9.59 Å². The minimum atomic E-state index is -0.836. The number of rotatable bonds is 3. The predicted molar refractivity (Wildman–Crippen MR) is 108 cm³/mol. The quantitative estimate of drug-likeness (QED) is 0.686. The first-order chi connectivity index (χ1) is 13.5. The molecular weight excluding hydrogens is 352 g/mol. The summed E-state index contributed by atoms with van der Waals surface area (Å²) in [6, 6.07) is 16.1. The fraction of sp³-hybridized carbons (Fsp3) is 0.217. The third kappa shape index (κ3) is 2.99. The van der Waals surface area contributed by atoms with Crippen molar-refractivity contribution in [1.29, 1.82) is 0 Å². The van der Waals surface area contributed by atoms with Crippen LogP contribution in [0.1, 0.15) is 28.5 Å². The summed E-state index contributed by atoms with van der Waals surface area (Å²) in [4.78, 5) is 30.0. The van der Waals surface area contributed by atoms with E-state index in [2.05, 4.69) is 0 Å². The van der Waals surface area contributed by atoms with Crippen molar-refractivity contribution in [3.63, 3.8) is 0 Å². The zero-order chi connectivity index (χ0) is 19.8. The highest BCUT2D eigenvalue weighted by molar-refractivity contribution is 6.14. The summed E-state index contributed by atoms with van der Waals surface area (Å²) < 4.78 is 5.58. The Kier molecular flexibility index (Phi) is 4.51. The molecule has 142 valence electrons. The monoisotopic (exact) mass is 374 g/mol. The number of aryl methyl sites for hydroxylation is 3. The first kappa shape index (κ1) is 18.0. The minimum absolute atomic E-state index is 0.00574. The Balaban J connectivity index is 1.83. The van der Waals surface area contributed by atoms with Gasteiger partial charge in [0, 0.05) is 11.4 Å². The van der Waals surface area contributed by atoms with Gasteiger partial charge in [-0.15, -0.1) is 0 Å². The summed E-state index contributed by atoms with van der Waals surface area (Å²) in [5, 5.41) is 0. The predicted octanol–water partition coefficient (Wildman–Crippen LogP) is 4.33. The summed E-state index contributed by atoms with van der Waals surface area (Å²) >= 11 is 0. The molecule has 0 unspecified atom stereocenters. The third-order valence-corrected chi connectivity index (χ3v) is 5.15. The Bertz CT molecular complexity index is 1040. The maximum absolute atomic E-state index is 13.6. The third-order valence-electron chi connectivity index (χ3n) is 5.15.